The molecule has 0 aliphatic heterocycles. The van der Waals surface area contributed by atoms with Crippen molar-refractivity contribution >= 4 is 11.9 Å². The zero-order valence-electron chi connectivity index (χ0n) is 10.3. The number of hydrogen-bond donors (Lipinski definition) is 2. The first-order valence-electron chi connectivity index (χ1n) is 5.51. The average Bonchev–Trinajstić information content (AvgIpc) is 2.70. The molecule has 0 spiro atoms. The van der Waals surface area contributed by atoms with E-state index in [2.05, 4.69) is 15.6 Å². The topological polar surface area (TPSA) is 106 Å². The van der Waals surface area contributed by atoms with E-state index in [9.17, 15) is 9.59 Å². The quantitative estimate of drug-likeness (QED) is 0.690. The maximum atomic E-state index is 11.5. The van der Waals surface area contributed by atoms with E-state index >= 15 is 0 Å². The van der Waals surface area contributed by atoms with Crippen molar-refractivity contribution in [1.29, 1.82) is 0 Å². The predicted molar refractivity (Wildman–Crippen MR) is 61.0 cm³/mol. The lowest BCUT2D eigenvalue weighted by atomic mass is 10.3. The second-order valence-corrected chi connectivity index (χ2v) is 3.63. The lowest BCUT2D eigenvalue weighted by Gasteiger charge is -2.06. The molecule has 0 aliphatic carbocycles. The summed E-state index contributed by atoms with van der Waals surface area (Å²) in [4.78, 5) is 22.4. The van der Waals surface area contributed by atoms with Crippen LogP contribution >= 0.6 is 0 Å². The van der Waals surface area contributed by atoms with Gasteiger partial charge in [0, 0.05) is 13.7 Å². The molecule has 0 aliphatic rings. The number of aromatic carboxylic acids is 1. The number of methoxy groups -OCH3 is 1. The number of carboxylic acids is 1. The average molecular weight is 256 g/mol. The van der Waals surface area contributed by atoms with E-state index in [0.29, 0.717) is 6.54 Å². The Morgan fingerprint density at radius 1 is 1.50 bits per heavy atom. The van der Waals surface area contributed by atoms with Crippen molar-refractivity contribution in [2.45, 2.75) is 26.5 Å². The van der Waals surface area contributed by atoms with Crippen LogP contribution in [0.2, 0.25) is 0 Å². The van der Waals surface area contributed by atoms with Crippen molar-refractivity contribution in [3.63, 3.8) is 0 Å². The molecule has 8 heteroatoms. The van der Waals surface area contributed by atoms with Crippen LogP contribution in [0.4, 0.5) is 0 Å². The second kappa shape index (κ2) is 6.70. The molecule has 0 unspecified atom stereocenters. The van der Waals surface area contributed by atoms with E-state index in [1.807, 2.05) is 6.92 Å². The van der Waals surface area contributed by atoms with Crippen LogP contribution in [0.3, 0.4) is 0 Å². The fraction of sp³-hybridized carbons (Fsp3) is 0.600. The van der Waals surface area contributed by atoms with E-state index in [1.54, 1.807) is 0 Å². The Labute approximate surface area is 104 Å². The molecule has 1 amide bonds. The summed E-state index contributed by atoms with van der Waals surface area (Å²) in [6.45, 7) is 2.47. The molecule has 0 fully saturated rings. The van der Waals surface area contributed by atoms with Crippen LogP contribution in [-0.4, -0.2) is 45.6 Å². The Balaban J connectivity index is 2.81. The number of hydrogen-bond acceptors (Lipinski definition) is 5. The molecule has 1 aromatic heterocycles. The van der Waals surface area contributed by atoms with E-state index in [0.717, 1.165) is 6.42 Å². The van der Waals surface area contributed by atoms with Crippen molar-refractivity contribution in [3.8, 4) is 0 Å². The minimum atomic E-state index is -1.19. The third-order valence-corrected chi connectivity index (χ3v) is 2.19. The highest BCUT2D eigenvalue weighted by Gasteiger charge is 2.19. The van der Waals surface area contributed by atoms with Gasteiger partial charge in [0.25, 0.3) is 0 Å². The van der Waals surface area contributed by atoms with Gasteiger partial charge in [-0.25, -0.2) is 9.48 Å². The van der Waals surface area contributed by atoms with E-state index in [-0.39, 0.29) is 30.4 Å². The first kappa shape index (κ1) is 14.1. The number of carboxylic acid groups (broad SMARTS) is 1. The van der Waals surface area contributed by atoms with Crippen LogP contribution in [0.15, 0.2) is 0 Å². The summed E-state index contributed by atoms with van der Waals surface area (Å²) in [5.74, 6) is -1.43. The number of aromatic nitrogens is 3. The van der Waals surface area contributed by atoms with E-state index in [4.69, 9.17) is 9.84 Å². The monoisotopic (exact) mass is 256 g/mol. The van der Waals surface area contributed by atoms with Gasteiger partial charge < -0.3 is 15.2 Å². The van der Waals surface area contributed by atoms with Crippen LogP contribution in [0.1, 0.15) is 29.5 Å². The summed E-state index contributed by atoms with van der Waals surface area (Å²) < 4.78 is 6.12. The van der Waals surface area contributed by atoms with Crippen molar-refractivity contribution in [2.75, 3.05) is 13.7 Å². The van der Waals surface area contributed by atoms with E-state index in [1.165, 1.54) is 11.8 Å². The van der Waals surface area contributed by atoms with Gasteiger partial charge in [-0.05, 0) is 6.42 Å². The van der Waals surface area contributed by atoms with Gasteiger partial charge in [-0.2, -0.15) is 0 Å². The molecule has 0 radical (unpaired) electrons. The number of amides is 1. The number of carbonyl (C=O) groups is 2. The third kappa shape index (κ3) is 3.52. The smallest absolute Gasteiger partial charge is 0.358 e. The molecular weight excluding hydrogens is 240 g/mol. The molecule has 0 bridgehead atoms. The minimum Gasteiger partial charge on any atom is -0.476 e. The minimum absolute atomic E-state index is 0.0374. The molecule has 0 aromatic carbocycles. The lowest BCUT2D eigenvalue weighted by molar-refractivity contribution is -0.121. The maximum absolute atomic E-state index is 11.5. The fourth-order valence-electron chi connectivity index (χ4n) is 1.36. The number of nitrogens with zero attached hydrogens (tertiary/aromatic N) is 3. The first-order chi connectivity index (χ1) is 8.60. The summed E-state index contributed by atoms with van der Waals surface area (Å²) in [5, 5.41) is 18.8. The molecule has 18 heavy (non-hydrogen) atoms. The Morgan fingerprint density at radius 2 is 2.22 bits per heavy atom. The van der Waals surface area contributed by atoms with Crippen LogP contribution in [0.5, 0.6) is 0 Å². The van der Waals surface area contributed by atoms with E-state index < -0.39 is 5.97 Å². The molecule has 100 valence electrons. The molecule has 0 saturated carbocycles. The number of ether oxygens (including phenoxy) is 1. The highest BCUT2D eigenvalue weighted by molar-refractivity contribution is 5.86. The third-order valence-electron chi connectivity index (χ3n) is 2.19. The first-order valence-corrected chi connectivity index (χ1v) is 5.51. The highest BCUT2D eigenvalue weighted by atomic mass is 16.5. The second-order valence-electron chi connectivity index (χ2n) is 3.63. The molecule has 0 saturated heterocycles. The number of rotatable bonds is 7. The highest BCUT2D eigenvalue weighted by Crippen LogP contribution is 2.07. The molecular formula is C10H16N4O4. The summed E-state index contributed by atoms with van der Waals surface area (Å²) >= 11 is 0. The molecule has 0 atom stereocenters. The molecule has 8 nitrogen and oxygen atoms in total. The number of carbonyl (C=O) groups excluding carboxylic acids is 1. The van der Waals surface area contributed by atoms with Gasteiger partial charge in [0.15, 0.2) is 5.69 Å². The Kier molecular flexibility index (Phi) is 5.25. The van der Waals surface area contributed by atoms with Crippen molar-refractivity contribution in [1.82, 2.24) is 20.3 Å². The van der Waals surface area contributed by atoms with Crippen molar-refractivity contribution < 1.29 is 19.4 Å². The van der Waals surface area contributed by atoms with Crippen molar-refractivity contribution in [2.24, 2.45) is 0 Å². The molecule has 1 heterocycles. The van der Waals surface area contributed by atoms with Gasteiger partial charge >= 0.3 is 5.97 Å². The van der Waals surface area contributed by atoms with Gasteiger partial charge in [-0.15, -0.1) is 5.10 Å². The van der Waals surface area contributed by atoms with Crippen LogP contribution in [0.25, 0.3) is 0 Å². The standard InChI is InChI=1S/C10H16N4O4/c1-3-4-11-8(15)5-14-7(6-18-2)9(10(16)17)12-13-14/h3-6H2,1-2H3,(H,11,15)(H,16,17). The maximum Gasteiger partial charge on any atom is 0.358 e. The van der Waals surface area contributed by atoms with Gasteiger partial charge in [-0.1, -0.05) is 12.1 Å². The fourth-order valence-corrected chi connectivity index (χ4v) is 1.36. The van der Waals surface area contributed by atoms with Gasteiger partial charge in [-0.3, -0.25) is 4.79 Å². The largest absolute Gasteiger partial charge is 0.476 e. The van der Waals surface area contributed by atoms with Crippen LogP contribution in [-0.2, 0) is 22.7 Å². The summed E-state index contributed by atoms with van der Waals surface area (Å²) in [5.41, 5.74) is 0.0804. The summed E-state index contributed by atoms with van der Waals surface area (Å²) in [6, 6.07) is 0. The summed E-state index contributed by atoms with van der Waals surface area (Å²) in [7, 11) is 1.43. The Bertz CT molecular complexity index is 430. The molecule has 1 rings (SSSR count). The van der Waals surface area contributed by atoms with Gasteiger partial charge in [0.1, 0.15) is 6.54 Å². The Morgan fingerprint density at radius 3 is 2.78 bits per heavy atom. The van der Waals surface area contributed by atoms with Crippen molar-refractivity contribution in [3.05, 3.63) is 11.4 Å². The SMILES string of the molecule is CCCNC(=O)Cn1nnc(C(=O)O)c1COC. The summed E-state index contributed by atoms with van der Waals surface area (Å²) in [6.07, 6.45) is 0.828. The zero-order valence-corrected chi connectivity index (χ0v) is 10.3. The predicted octanol–water partition coefficient (Wildman–Crippen LogP) is -0.351. The van der Waals surface area contributed by atoms with Crippen LogP contribution in [0, 0.1) is 0 Å². The Hall–Kier alpha value is -1.96. The normalized spacial score (nSPS) is 10.3. The zero-order chi connectivity index (χ0) is 13.5. The van der Waals surface area contributed by atoms with Gasteiger partial charge in [0.05, 0.1) is 12.3 Å². The number of nitrogens with one attached hydrogen (secondary N) is 1. The van der Waals surface area contributed by atoms with Crippen LogP contribution < -0.4 is 5.32 Å². The molecule has 1 aromatic rings. The molecule has 2 N–H and O–H groups in total. The van der Waals surface area contributed by atoms with Gasteiger partial charge in [0.2, 0.25) is 5.91 Å². The lowest BCUT2D eigenvalue weighted by Crippen LogP contribution is -2.29.